The molecule has 0 aliphatic carbocycles. The van der Waals surface area contributed by atoms with Crippen molar-refractivity contribution >= 4 is 62.5 Å². The van der Waals surface area contributed by atoms with Crippen LogP contribution in [0.3, 0.4) is 0 Å². The lowest BCUT2D eigenvalue weighted by atomic mass is 10.0. The van der Waals surface area contributed by atoms with Crippen molar-refractivity contribution in [1.29, 1.82) is 0 Å². The Morgan fingerprint density at radius 1 is 0.696 bits per heavy atom. The largest absolute Gasteiger partial charge is 0.494 e. The minimum atomic E-state index is -0.518. The third-order valence-electron chi connectivity index (χ3n) is 12.5. The van der Waals surface area contributed by atoms with Gasteiger partial charge in [-0.2, -0.15) is 0 Å². The molecule has 3 aliphatic rings. The summed E-state index contributed by atoms with van der Waals surface area (Å²) >= 11 is 0. The lowest BCUT2D eigenvalue weighted by Crippen LogP contribution is -2.44. The number of rotatable bonds is 9. The normalized spacial score (nSPS) is 14.9. The Labute approximate surface area is 398 Å². The fourth-order valence-electron chi connectivity index (χ4n) is 8.56. The Bertz CT molecular complexity index is 3140. The topological polar surface area (TPSA) is 213 Å². The number of methoxy groups -OCH3 is 2. The van der Waals surface area contributed by atoms with Crippen LogP contribution >= 0.6 is 0 Å². The number of carbonyl (C=O) groups excluding carboxylic acids is 1. The number of nitrogens with two attached hydrogens (primary N) is 1. The molecule has 11 rings (SSSR count). The van der Waals surface area contributed by atoms with Crippen LogP contribution < -0.4 is 25.0 Å². The molecule has 0 atom stereocenters. The van der Waals surface area contributed by atoms with Crippen molar-refractivity contribution in [2.45, 2.75) is 6.42 Å². The van der Waals surface area contributed by atoms with E-state index in [1.54, 1.807) is 43.8 Å². The highest BCUT2D eigenvalue weighted by atomic mass is 16.6. The van der Waals surface area contributed by atoms with Gasteiger partial charge in [-0.25, -0.2) is 9.97 Å². The molecule has 2 saturated heterocycles. The van der Waals surface area contributed by atoms with E-state index in [0.29, 0.717) is 17.1 Å². The van der Waals surface area contributed by atoms with E-state index in [0.717, 1.165) is 127 Å². The molecular weight excluding hydrogens is 875 g/mol. The first-order valence-electron chi connectivity index (χ1n) is 22.6. The number of carbonyl (C=O) groups is 1. The van der Waals surface area contributed by atoms with Crippen molar-refractivity contribution in [3.05, 3.63) is 136 Å². The number of nitrogen functional groups attached to an aromatic ring is 1. The fourth-order valence-corrected chi connectivity index (χ4v) is 8.56. The van der Waals surface area contributed by atoms with Gasteiger partial charge in [0.25, 0.3) is 5.69 Å². The van der Waals surface area contributed by atoms with Crippen LogP contribution in [0.25, 0.3) is 45.0 Å². The van der Waals surface area contributed by atoms with Crippen LogP contribution in [0.2, 0.25) is 0 Å². The number of anilines is 3. The maximum Gasteiger partial charge on any atom is 0.296 e. The summed E-state index contributed by atoms with van der Waals surface area (Å²) in [4.78, 5) is 59.3. The van der Waals surface area contributed by atoms with Crippen LogP contribution in [-0.2, 0) is 6.42 Å². The van der Waals surface area contributed by atoms with Crippen molar-refractivity contribution in [3.63, 3.8) is 0 Å². The van der Waals surface area contributed by atoms with E-state index < -0.39 is 4.92 Å². The summed E-state index contributed by atoms with van der Waals surface area (Å²) in [6.45, 7) is 8.34. The number of piperazine rings is 2. The van der Waals surface area contributed by atoms with Crippen LogP contribution in [0.1, 0.15) is 21.6 Å². The van der Waals surface area contributed by atoms with Crippen LogP contribution in [0, 0.1) is 10.1 Å². The molecule has 0 saturated carbocycles. The molecule has 0 bridgehead atoms. The predicted octanol–water partition coefficient (Wildman–Crippen LogP) is 7.44. The van der Waals surface area contributed by atoms with E-state index >= 15 is 0 Å². The number of benzene rings is 4. The molecule has 2 fully saturated rings. The summed E-state index contributed by atoms with van der Waals surface area (Å²) in [6, 6.07) is 31.0. The number of aromatic amines is 2. The molecule has 0 radical (unpaired) electrons. The zero-order chi connectivity index (χ0) is 48.0. The molecule has 69 heavy (non-hydrogen) atoms. The van der Waals surface area contributed by atoms with Gasteiger partial charge in [0.15, 0.2) is 17.8 Å². The van der Waals surface area contributed by atoms with Gasteiger partial charge < -0.3 is 44.8 Å². The number of aliphatic imine (C=N–C) groups is 1. The average Bonchev–Trinajstić information content (AvgIpc) is 4.14. The van der Waals surface area contributed by atoms with Gasteiger partial charge in [0.2, 0.25) is 0 Å². The van der Waals surface area contributed by atoms with Crippen molar-refractivity contribution in [2.75, 3.05) is 96.2 Å². The van der Waals surface area contributed by atoms with Crippen LogP contribution in [0.5, 0.6) is 11.5 Å². The van der Waals surface area contributed by atoms with Crippen LogP contribution in [0.15, 0.2) is 114 Å². The quantitative estimate of drug-likeness (QED) is 0.0556. The maximum atomic E-state index is 11.3. The number of nitro groups is 1. The molecular formula is C51H53N13O5. The zero-order valence-corrected chi connectivity index (χ0v) is 38.9. The summed E-state index contributed by atoms with van der Waals surface area (Å²) in [5, 5.41) is 11.3. The Hall–Kier alpha value is -8.22. The first-order chi connectivity index (χ1) is 33.6. The number of nitro benzene ring substituents is 1. The highest BCUT2D eigenvalue weighted by Gasteiger charge is 2.23. The van der Waals surface area contributed by atoms with Crippen LogP contribution in [-0.4, -0.2) is 137 Å². The molecule has 18 nitrogen and oxygen atoms in total. The minimum Gasteiger partial charge on any atom is -0.494 e. The van der Waals surface area contributed by atoms with Gasteiger partial charge in [0.05, 0.1) is 47.1 Å². The molecule has 0 unspecified atom stereocenters. The SMILES string of the molecule is COc1cc(-c2nc3ccc(N4CCN(C)CC4)cc3[nH]2)cc([N+](=O)[O-])c1N.COc1cc(C2=Nc3ccc(N4CCN(C)CC4)cc3C2)cc2[nH]c(-c3ccccn3)nc12.O=Cc1ccccn1. The highest BCUT2D eigenvalue weighted by Crippen LogP contribution is 2.38. The number of aromatic nitrogens is 6. The average molecular weight is 928 g/mol. The number of ether oxygens (including phenoxy) is 2. The monoisotopic (exact) mass is 927 g/mol. The van der Waals surface area contributed by atoms with Crippen molar-refractivity contribution < 1.29 is 19.2 Å². The molecule has 4 N–H and O–H groups in total. The van der Waals surface area contributed by atoms with Crippen LogP contribution in [0.4, 0.5) is 28.4 Å². The lowest BCUT2D eigenvalue weighted by molar-refractivity contribution is -0.383. The van der Waals surface area contributed by atoms with E-state index in [4.69, 9.17) is 25.2 Å². The van der Waals surface area contributed by atoms with Gasteiger partial charge in [-0.3, -0.25) is 29.9 Å². The Morgan fingerprint density at radius 2 is 1.35 bits per heavy atom. The number of aldehydes is 1. The molecule has 4 aromatic heterocycles. The number of H-pyrrole nitrogens is 2. The van der Waals surface area contributed by atoms with E-state index in [-0.39, 0.29) is 17.1 Å². The van der Waals surface area contributed by atoms with E-state index in [9.17, 15) is 14.9 Å². The molecule has 8 aromatic rings. The summed E-state index contributed by atoms with van der Waals surface area (Å²) in [6.07, 6.45) is 4.89. The number of pyridine rings is 2. The smallest absolute Gasteiger partial charge is 0.296 e. The third-order valence-corrected chi connectivity index (χ3v) is 12.5. The third kappa shape index (κ3) is 10.2. The number of fused-ring (bicyclic) bond motifs is 3. The summed E-state index contributed by atoms with van der Waals surface area (Å²) in [5.74, 6) is 2.25. The molecule has 4 aromatic carbocycles. The standard InChI is InChI=1S/C26H26N6O.C19H22N6O3.C6H5NO/c1-31-9-11-32(12-10-31)19-6-7-20-17(13-19)14-22(28-20)18-15-23-25(24(16-18)33-2)30-26(29-23)21-5-3-4-8-27-21;1-23-5-7-24(8-6-23)13-3-4-14-15(11-13)22-19(21-14)12-9-16(25(26)27)18(20)17(10-12)28-2;8-5-6-3-1-2-4-7-6/h3-8,13,15-16H,9-12,14H2,1-2H3,(H,29,30);3-4,9-11H,5-8,20H2,1-2H3,(H,21,22);1-5H. The number of likely N-dealkylation sites (N-methyl/N-ethyl adjacent to an activating group) is 2. The van der Waals surface area contributed by atoms with E-state index in [2.05, 4.69) is 95.0 Å². The number of nitrogens with one attached hydrogen (secondary N) is 2. The highest BCUT2D eigenvalue weighted by molar-refractivity contribution is 6.09. The molecule has 352 valence electrons. The summed E-state index contributed by atoms with van der Waals surface area (Å²) in [5.41, 5.74) is 17.7. The van der Waals surface area contributed by atoms with Gasteiger partial charge >= 0.3 is 0 Å². The second-order valence-corrected chi connectivity index (χ2v) is 17.0. The number of hydrogen-bond acceptors (Lipinski definition) is 15. The first-order valence-corrected chi connectivity index (χ1v) is 22.6. The van der Waals surface area contributed by atoms with Crippen molar-refractivity contribution in [3.8, 4) is 34.4 Å². The van der Waals surface area contributed by atoms with Gasteiger partial charge in [-0.15, -0.1) is 0 Å². The van der Waals surface area contributed by atoms with Gasteiger partial charge in [-0.05, 0) is 98.5 Å². The van der Waals surface area contributed by atoms with Gasteiger partial charge in [0.1, 0.15) is 34.2 Å². The van der Waals surface area contributed by atoms with Crippen molar-refractivity contribution in [2.24, 2.45) is 4.99 Å². The van der Waals surface area contributed by atoms with E-state index in [1.165, 1.54) is 24.4 Å². The maximum absolute atomic E-state index is 11.3. The van der Waals surface area contributed by atoms with Gasteiger partial charge in [-0.1, -0.05) is 12.1 Å². The lowest BCUT2D eigenvalue weighted by Gasteiger charge is -2.34. The van der Waals surface area contributed by atoms with Gasteiger partial charge in [0, 0.05) is 99.7 Å². The fraction of sp³-hybridized carbons (Fsp3) is 0.255. The van der Waals surface area contributed by atoms with E-state index in [1.807, 2.05) is 30.3 Å². The number of imidazole rings is 2. The van der Waals surface area contributed by atoms with Crippen molar-refractivity contribution in [1.82, 2.24) is 39.7 Å². The minimum absolute atomic E-state index is 0.00436. The molecule has 0 amide bonds. The Morgan fingerprint density at radius 3 is 1.97 bits per heavy atom. The summed E-state index contributed by atoms with van der Waals surface area (Å²) < 4.78 is 10.9. The molecule has 3 aliphatic heterocycles. The molecule has 0 spiro atoms. The summed E-state index contributed by atoms with van der Waals surface area (Å²) in [7, 11) is 7.42. The zero-order valence-electron chi connectivity index (χ0n) is 38.9. The number of nitrogens with zero attached hydrogens (tertiary/aromatic N) is 10. The molecule has 7 heterocycles. The molecule has 18 heteroatoms. The Kier molecular flexibility index (Phi) is 13.5. The first kappa shape index (κ1) is 45.9. The second-order valence-electron chi connectivity index (χ2n) is 17.0. The predicted molar refractivity (Wildman–Crippen MR) is 270 cm³/mol. The Balaban J connectivity index is 0.000000150. The second kappa shape index (κ2) is 20.3. The number of hydrogen-bond donors (Lipinski definition) is 3.